The molecule has 0 radical (unpaired) electrons. The second-order valence-corrected chi connectivity index (χ2v) is 7.49. The lowest BCUT2D eigenvalue weighted by atomic mass is 10.1. The number of hydrogen-bond acceptors (Lipinski definition) is 5. The molecule has 0 saturated carbocycles. The van der Waals surface area contributed by atoms with Gasteiger partial charge in [0, 0.05) is 11.9 Å². The molecule has 2 heterocycles. The normalized spacial score (nSPS) is 11.4. The Morgan fingerprint density at radius 1 is 1.00 bits per heavy atom. The standard InChI is InChI=1S/C24H17F4N5O/c25-22-19(9-10-20(31-22)30-12-11-24(26,27)28)21-17-3-1-2-4-18(17)23(34)33(32-21)14-16-7-5-15(13-29)6-8-16/h1-10H,11-12,14H2,(H,30,31). The summed E-state index contributed by atoms with van der Waals surface area (Å²) in [4.78, 5) is 16.7. The topological polar surface area (TPSA) is 83.6 Å². The number of nitrogens with one attached hydrogen (secondary N) is 1. The summed E-state index contributed by atoms with van der Waals surface area (Å²) >= 11 is 0. The number of anilines is 1. The van der Waals surface area contributed by atoms with Crippen molar-refractivity contribution in [3.63, 3.8) is 0 Å². The predicted molar refractivity (Wildman–Crippen MR) is 119 cm³/mol. The van der Waals surface area contributed by atoms with Gasteiger partial charge in [-0.25, -0.2) is 9.67 Å². The van der Waals surface area contributed by atoms with Gasteiger partial charge < -0.3 is 5.32 Å². The number of pyridine rings is 1. The second-order valence-electron chi connectivity index (χ2n) is 7.49. The molecule has 10 heteroatoms. The fourth-order valence-corrected chi connectivity index (χ4v) is 3.44. The first-order valence-corrected chi connectivity index (χ1v) is 10.2. The van der Waals surface area contributed by atoms with Crippen molar-refractivity contribution in [2.75, 3.05) is 11.9 Å². The lowest BCUT2D eigenvalue weighted by molar-refractivity contribution is -0.131. The van der Waals surface area contributed by atoms with Crippen LogP contribution in [0.1, 0.15) is 17.5 Å². The molecule has 0 bridgehead atoms. The highest BCUT2D eigenvalue weighted by atomic mass is 19.4. The van der Waals surface area contributed by atoms with Crippen molar-refractivity contribution < 1.29 is 17.6 Å². The maximum Gasteiger partial charge on any atom is 0.390 e. The highest BCUT2D eigenvalue weighted by molar-refractivity contribution is 5.93. The lowest BCUT2D eigenvalue weighted by Crippen LogP contribution is -2.24. The van der Waals surface area contributed by atoms with Gasteiger partial charge in [0.25, 0.3) is 5.56 Å². The van der Waals surface area contributed by atoms with Crippen molar-refractivity contribution in [3.05, 3.63) is 88.1 Å². The zero-order chi connectivity index (χ0) is 24.3. The third-order valence-electron chi connectivity index (χ3n) is 5.10. The molecule has 4 aromatic rings. The summed E-state index contributed by atoms with van der Waals surface area (Å²) in [5, 5.41) is 16.5. The number of fused-ring (bicyclic) bond motifs is 1. The van der Waals surface area contributed by atoms with Crippen LogP contribution in [-0.2, 0) is 6.54 Å². The molecule has 6 nitrogen and oxygen atoms in total. The van der Waals surface area contributed by atoms with Crippen LogP contribution < -0.4 is 10.9 Å². The molecule has 0 aliphatic rings. The first-order valence-electron chi connectivity index (χ1n) is 10.2. The Morgan fingerprint density at radius 2 is 1.71 bits per heavy atom. The van der Waals surface area contributed by atoms with E-state index in [0.29, 0.717) is 16.3 Å². The SMILES string of the molecule is N#Cc1ccc(Cn2nc(-c3ccc(NCCC(F)(F)F)nc3F)c3ccccc3c2=O)cc1. The molecular formula is C24H17F4N5O. The van der Waals surface area contributed by atoms with Crippen molar-refractivity contribution in [1.82, 2.24) is 14.8 Å². The number of nitrogens with zero attached hydrogens (tertiary/aromatic N) is 4. The number of halogens is 4. The average Bonchev–Trinajstić information content (AvgIpc) is 2.81. The third-order valence-corrected chi connectivity index (χ3v) is 5.10. The minimum Gasteiger partial charge on any atom is -0.370 e. The van der Waals surface area contributed by atoms with Crippen molar-refractivity contribution in [2.45, 2.75) is 19.1 Å². The summed E-state index contributed by atoms with van der Waals surface area (Å²) in [7, 11) is 0. The minimum absolute atomic E-state index is 0.00569. The molecule has 2 aromatic carbocycles. The number of aromatic nitrogens is 3. The molecule has 4 rings (SSSR count). The lowest BCUT2D eigenvalue weighted by Gasteiger charge is -2.13. The van der Waals surface area contributed by atoms with E-state index < -0.39 is 25.1 Å². The van der Waals surface area contributed by atoms with Crippen LogP contribution in [0.5, 0.6) is 0 Å². The molecule has 0 spiro atoms. The van der Waals surface area contributed by atoms with Crippen LogP contribution >= 0.6 is 0 Å². The molecule has 0 unspecified atom stereocenters. The molecule has 2 aromatic heterocycles. The number of hydrogen-bond donors (Lipinski definition) is 1. The van der Waals surface area contributed by atoms with Crippen LogP contribution in [0, 0.1) is 17.3 Å². The van der Waals surface area contributed by atoms with Crippen LogP contribution in [0.15, 0.2) is 65.5 Å². The summed E-state index contributed by atoms with van der Waals surface area (Å²) in [6.45, 7) is -0.347. The van der Waals surface area contributed by atoms with Gasteiger partial charge in [-0.1, -0.05) is 30.3 Å². The molecular weight excluding hydrogens is 450 g/mol. The van der Waals surface area contributed by atoms with E-state index in [0.717, 1.165) is 5.56 Å². The fourth-order valence-electron chi connectivity index (χ4n) is 3.44. The Hall–Kier alpha value is -4.26. The summed E-state index contributed by atoms with van der Waals surface area (Å²) in [6.07, 6.45) is -5.42. The van der Waals surface area contributed by atoms with Gasteiger partial charge in [-0.05, 0) is 35.9 Å². The van der Waals surface area contributed by atoms with Gasteiger partial charge in [0.05, 0.1) is 35.5 Å². The fraction of sp³-hybridized carbons (Fsp3) is 0.167. The average molecular weight is 467 g/mol. The molecule has 172 valence electrons. The van der Waals surface area contributed by atoms with Crippen molar-refractivity contribution in [2.24, 2.45) is 0 Å². The summed E-state index contributed by atoms with van der Waals surface area (Å²) in [6, 6.07) is 18.0. The number of nitriles is 1. The smallest absolute Gasteiger partial charge is 0.370 e. The van der Waals surface area contributed by atoms with Gasteiger partial charge in [0.2, 0.25) is 5.95 Å². The van der Waals surface area contributed by atoms with E-state index in [1.54, 1.807) is 48.5 Å². The monoisotopic (exact) mass is 467 g/mol. The molecule has 0 aliphatic heterocycles. The van der Waals surface area contributed by atoms with Gasteiger partial charge in [-0.15, -0.1) is 0 Å². The van der Waals surface area contributed by atoms with Crippen LogP contribution in [0.25, 0.3) is 22.0 Å². The van der Waals surface area contributed by atoms with Crippen LogP contribution in [0.2, 0.25) is 0 Å². The number of rotatable bonds is 6. The zero-order valence-electron chi connectivity index (χ0n) is 17.6. The van der Waals surface area contributed by atoms with Crippen LogP contribution in [-0.4, -0.2) is 27.5 Å². The maximum atomic E-state index is 14.9. The Bertz CT molecular complexity index is 1440. The van der Waals surface area contributed by atoms with Crippen molar-refractivity contribution in [3.8, 4) is 17.3 Å². The molecule has 0 aliphatic carbocycles. The Morgan fingerprint density at radius 3 is 2.35 bits per heavy atom. The molecule has 0 fully saturated rings. The van der Waals surface area contributed by atoms with E-state index in [9.17, 15) is 22.4 Å². The van der Waals surface area contributed by atoms with E-state index in [4.69, 9.17) is 5.26 Å². The van der Waals surface area contributed by atoms with Crippen molar-refractivity contribution in [1.29, 1.82) is 5.26 Å². The van der Waals surface area contributed by atoms with E-state index in [1.165, 1.54) is 16.8 Å². The van der Waals surface area contributed by atoms with Gasteiger partial charge in [-0.3, -0.25) is 4.79 Å². The minimum atomic E-state index is -4.34. The largest absolute Gasteiger partial charge is 0.390 e. The van der Waals surface area contributed by atoms with Crippen molar-refractivity contribution >= 4 is 16.6 Å². The van der Waals surface area contributed by atoms with E-state index >= 15 is 0 Å². The molecule has 0 saturated heterocycles. The Kier molecular flexibility index (Phi) is 6.27. The first-order chi connectivity index (χ1) is 16.2. The second kappa shape index (κ2) is 9.31. The number of benzene rings is 2. The van der Waals surface area contributed by atoms with Gasteiger partial charge in [0.1, 0.15) is 11.5 Å². The van der Waals surface area contributed by atoms with Gasteiger partial charge in [-0.2, -0.15) is 27.9 Å². The number of alkyl halides is 3. The highest BCUT2D eigenvalue weighted by Crippen LogP contribution is 2.27. The summed E-state index contributed by atoms with van der Waals surface area (Å²) < 4.78 is 53.2. The molecule has 0 atom stereocenters. The van der Waals surface area contributed by atoms with Gasteiger partial charge in [0.15, 0.2) is 0 Å². The molecule has 34 heavy (non-hydrogen) atoms. The molecule has 0 amide bonds. The quantitative estimate of drug-likeness (QED) is 0.323. The van der Waals surface area contributed by atoms with Gasteiger partial charge >= 0.3 is 6.18 Å². The predicted octanol–water partition coefficient (Wildman–Crippen LogP) is 4.88. The van der Waals surface area contributed by atoms with E-state index in [1.807, 2.05) is 6.07 Å². The Balaban J connectivity index is 1.72. The zero-order valence-corrected chi connectivity index (χ0v) is 17.6. The summed E-state index contributed by atoms with van der Waals surface area (Å²) in [5.74, 6) is -0.973. The third kappa shape index (κ3) is 5.04. The van der Waals surface area contributed by atoms with E-state index in [-0.39, 0.29) is 29.2 Å². The first kappa shape index (κ1) is 22.9. The maximum absolute atomic E-state index is 14.9. The van der Waals surface area contributed by atoms with Crippen LogP contribution in [0.4, 0.5) is 23.4 Å². The van der Waals surface area contributed by atoms with Crippen LogP contribution in [0.3, 0.4) is 0 Å². The summed E-state index contributed by atoms with van der Waals surface area (Å²) in [5.41, 5.74) is 1.00. The highest BCUT2D eigenvalue weighted by Gasteiger charge is 2.26. The molecule has 1 N–H and O–H groups in total. The van der Waals surface area contributed by atoms with E-state index in [2.05, 4.69) is 15.4 Å². The Labute approximate surface area is 191 Å².